The maximum atomic E-state index is 12.4. The van der Waals surface area contributed by atoms with Crippen molar-refractivity contribution in [2.45, 2.75) is 33.7 Å². The molecule has 0 saturated heterocycles. The first-order valence-corrected chi connectivity index (χ1v) is 8.07. The van der Waals surface area contributed by atoms with Gasteiger partial charge in [0.2, 0.25) is 0 Å². The molecule has 0 aromatic carbocycles. The molecule has 3 N–H and O–H groups in total. The van der Waals surface area contributed by atoms with E-state index >= 15 is 0 Å². The summed E-state index contributed by atoms with van der Waals surface area (Å²) in [7, 11) is 1.63. The van der Waals surface area contributed by atoms with Crippen molar-refractivity contribution in [3.05, 3.63) is 4.88 Å². The lowest BCUT2D eigenvalue weighted by Gasteiger charge is -2.21. The van der Waals surface area contributed by atoms with E-state index in [4.69, 9.17) is 10.5 Å². The number of thiazole rings is 1. The van der Waals surface area contributed by atoms with Gasteiger partial charge in [0.1, 0.15) is 10.7 Å². The van der Waals surface area contributed by atoms with Gasteiger partial charge in [-0.1, -0.05) is 25.2 Å². The smallest absolute Gasteiger partial charge is 0.265 e. The quantitative estimate of drug-likeness (QED) is 0.767. The van der Waals surface area contributed by atoms with Gasteiger partial charge < -0.3 is 20.7 Å². The van der Waals surface area contributed by atoms with E-state index in [-0.39, 0.29) is 17.9 Å². The van der Waals surface area contributed by atoms with Crippen molar-refractivity contribution < 1.29 is 9.53 Å². The fraction of sp³-hybridized carbons (Fsp3) is 0.714. The number of anilines is 2. The van der Waals surface area contributed by atoms with Crippen molar-refractivity contribution in [3.8, 4) is 0 Å². The van der Waals surface area contributed by atoms with E-state index in [1.165, 1.54) is 11.3 Å². The third-order valence-corrected chi connectivity index (χ3v) is 4.48. The van der Waals surface area contributed by atoms with Gasteiger partial charge in [0.15, 0.2) is 5.13 Å². The van der Waals surface area contributed by atoms with Gasteiger partial charge >= 0.3 is 0 Å². The normalized spacial score (nSPS) is 12.5. The molecule has 0 radical (unpaired) electrons. The van der Waals surface area contributed by atoms with Crippen LogP contribution in [0.1, 0.15) is 37.4 Å². The van der Waals surface area contributed by atoms with Crippen LogP contribution < -0.4 is 16.0 Å². The topological polar surface area (TPSA) is 80.5 Å². The average molecular weight is 314 g/mol. The summed E-state index contributed by atoms with van der Waals surface area (Å²) in [6, 6.07) is -0.0408. The third-order valence-electron chi connectivity index (χ3n) is 3.35. The van der Waals surface area contributed by atoms with Crippen molar-refractivity contribution in [1.82, 2.24) is 10.3 Å². The Bertz CT molecular complexity index is 458. The first kappa shape index (κ1) is 17.7. The molecule has 1 amide bonds. The van der Waals surface area contributed by atoms with Gasteiger partial charge in [-0.15, -0.1) is 0 Å². The minimum atomic E-state index is -0.181. The second-order valence-corrected chi connectivity index (χ2v) is 6.14. The van der Waals surface area contributed by atoms with Crippen LogP contribution in [-0.4, -0.2) is 43.7 Å². The summed E-state index contributed by atoms with van der Waals surface area (Å²) in [4.78, 5) is 19.2. The number of methoxy groups -OCH3 is 1. The van der Waals surface area contributed by atoms with E-state index in [1.807, 2.05) is 27.7 Å². The van der Waals surface area contributed by atoms with Gasteiger partial charge in [0.25, 0.3) is 5.91 Å². The molecule has 21 heavy (non-hydrogen) atoms. The highest BCUT2D eigenvalue weighted by atomic mass is 32.1. The minimum Gasteiger partial charge on any atom is -0.383 e. The second kappa shape index (κ2) is 8.19. The molecule has 1 aromatic heterocycles. The summed E-state index contributed by atoms with van der Waals surface area (Å²) >= 11 is 1.33. The number of hydrogen-bond acceptors (Lipinski definition) is 6. The molecule has 0 fully saturated rings. The lowest BCUT2D eigenvalue weighted by Crippen LogP contribution is -2.41. The second-order valence-electron chi connectivity index (χ2n) is 5.16. The Balaban J connectivity index is 2.87. The standard InChI is InChI=1S/C14H26N4O2S/c1-6-18(7-2)14-17-12(15)11(21-14)13(19)16-10(8-20-5)9(3)4/h9-10H,6-8,15H2,1-5H3,(H,16,19). The van der Waals surface area contributed by atoms with Gasteiger partial charge in [0, 0.05) is 20.2 Å². The number of nitrogens with one attached hydrogen (secondary N) is 1. The number of amides is 1. The SMILES string of the molecule is CCN(CC)c1nc(N)c(C(=O)NC(COC)C(C)C)s1. The van der Waals surface area contributed by atoms with Gasteiger partial charge in [-0.25, -0.2) is 4.98 Å². The maximum Gasteiger partial charge on any atom is 0.265 e. The summed E-state index contributed by atoms with van der Waals surface area (Å²) in [5.74, 6) is 0.392. The van der Waals surface area contributed by atoms with Crippen LogP contribution in [0.3, 0.4) is 0 Å². The summed E-state index contributed by atoms with van der Waals surface area (Å²) in [6.07, 6.45) is 0. The first-order chi connectivity index (χ1) is 9.94. The van der Waals surface area contributed by atoms with Crippen LogP contribution in [0.15, 0.2) is 0 Å². The number of aromatic nitrogens is 1. The predicted molar refractivity (Wildman–Crippen MR) is 88.1 cm³/mol. The van der Waals surface area contributed by atoms with Gasteiger partial charge in [-0.3, -0.25) is 4.79 Å². The van der Waals surface area contributed by atoms with Gasteiger partial charge in [-0.2, -0.15) is 0 Å². The Morgan fingerprint density at radius 3 is 2.52 bits per heavy atom. The Kier molecular flexibility index (Phi) is 6.91. The van der Waals surface area contributed by atoms with Crippen molar-refractivity contribution >= 4 is 28.2 Å². The van der Waals surface area contributed by atoms with Crippen LogP contribution >= 0.6 is 11.3 Å². The number of nitrogens with zero attached hydrogens (tertiary/aromatic N) is 2. The molecular weight excluding hydrogens is 288 g/mol. The number of nitrogens with two attached hydrogens (primary N) is 1. The van der Waals surface area contributed by atoms with E-state index in [1.54, 1.807) is 7.11 Å². The highest BCUT2D eigenvalue weighted by Crippen LogP contribution is 2.28. The van der Waals surface area contributed by atoms with Gasteiger partial charge in [-0.05, 0) is 19.8 Å². The number of nitrogen functional groups attached to an aromatic ring is 1. The Morgan fingerprint density at radius 2 is 2.05 bits per heavy atom. The fourth-order valence-corrected chi connectivity index (χ4v) is 2.94. The summed E-state index contributed by atoms with van der Waals surface area (Å²) in [5, 5.41) is 3.76. The van der Waals surface area contributed by atoms with Crippen molar-refractivity contribution in [1.29, 1.82) is 0 Å². The van der Waals surface area contributed by atoms with Gasteiger partial charge in [0.05, 0.1) is 12.6 Å². The monoisotopic (exact) mass is 314 g/mol. The van der Waals surface area contributed by atoms with Crippen LogP contribution in [0.25, 0.3) is 0 Å². The molecule has 1 unspecified atom stereocenters. The van der Waals surface area contributed by atoms with Crippen LogP contribution in [-0.2, 0) is 4.74 Å². The molecule has 1 aromatic rings. The summed E-state index contributed by atoms with van der Waals surface area (Å²) in [5.41, 5.74) is 5.90. The van der Waals surface area contributed by atoms with Crippen LogP contribution in [0.2, 0.25) is 0 Å². The molecule has 1 heterocycles. The Labute approximate surface area is 130 Å². The molecule has 0 aliphatic rings. The molecular formula is C14H26N4O2S. The predicted octanol–water partition coefficient (Wildman–Crippen LogP) is 1.97. The summed E-state index contributed by atoms with van der Waals surface area (Å²) in [6.45, 7) is 10.3. The highest BCUT2D eigenvalue weighted by Gasteiger charge is 2.22. The number of ether oxygens (including phenoxy) is 1. The van der Waals surface area contributed by atoms with E-state index in [9.17, 15) is 4.79 Å². The van der Waals surface area contributed by atoms with E-state index in [0.29, 0.717) is 17.3 Å². The molecule has 0 aliphatic carbocycles. The molecule has 0 saturated carbocycles. The molecule has 0 aliphatic heterocycles. The number of rotatable bonds is 8. The van der Waals surface area contributed by atoms with Crippen molar-refractivity contribution in [3.63, 3.8) is 0 Å². The zero-order valence-electron chi connectivity index (χ0n) is 13.5. The minimum absolute atomic E-state index is 0.0408. The molecule has 120 valence electrons. The van der Waals surface area contributed by atoms with Crippen molar-refractivity contribution in [2.75, 3.05) is 37.4 Å². The summed E-state index contributed by atoms with van der Waals surface area (Å²) < 4.78 is 5.14. The van der Waals surface area contributed by atoms with Crippen LogP contribution in [0.5, 0.6) is 0 Å². The molecule has 1 rings (SSSR count). The lowest BCUT2D eigenvalue weighted by atomic mass is 10.1. The van der Waals surface area contributed by atoms with Crippen LogP contribution in [0.4, 0.5) is 10.9 Å². The average Bonchev–Trinajstić information content (AvgIpc) is 2.81. The van der Waals surface area contributed by atoms with E-state index < -0.39 is 0 Å². The Hall–Kier alpha value is -1.34. The molecule has 7 heteroatoms. The third kappa shape index (κ3) is 4.57. The molecule has 6 nitrogen and oxygen atoms in total. The van der Waals surface area contributed by atoms with E-state index in [2.05, 4.69) is 15.2 Å². The number of carbonyl (C=O) groups is 1. The molecule has 1 atom stereocenters. The van der Waals surface area contributed by atoms with E-state index in [0.717, 1.165) is 18.2 Å². The largest absolute Gasteiger partial charge is 0.383 e. The van der Waals surface area contributed by atoms with Crippen molar-refractivity contribution in [2.24, 2.45) is 5.92 Å². The first-order valence-electron chi connectivity index (χ1n) is 7.25. The zero-order chi connectivity index (χ0) is 16.0. The Morgan fingerprint density at radius 1 is 1.43 bits per heavy atom. The zero-order valence-corrected chi connectivity index (χ0v) is 14.3. The highest BCUT2D eigenvalue weighted by molar-refractivity contribution is 7.18. The molecule has 0 spiro atoms. The number of hydrogen-bond donors (Lipinski definition) is 2. The maximum absolute atomic E-state index is 12.4. The number of carbonyl (C=O) groups excluding carboxylic acids is 1. The fourth-order valence-electron chi connectivity index (χ4n) is 1.93. The lowest BCUT2D eigenvalue weighted by molar-refractivity contribution is 0.0871. The van der Waals surface area contributed by atoms with Crippen LogP contribution in [0, 0.1) is 5.92 Å². The molecule has 0 bridgehead atoms.